The number of aryl methyl sites for hydroxylation is 1. The average molecular weight is 324 g/mol. The van der Waals surface area contributed by atoms with E-state index in [1.807, 2.05) is 42.5 Å². The molecule has 1 atom stereocenters. The molecule has 2 nitrogen and oxygen atoms in total. The van der Waals surface area contributed by atoms with E-state index in [4.69, 9.17) is 23.2 Å². The first-order chi connectivity index (χ1) is 9.56. The van der Waals surface area contributed by atoms with Crippen LogP contribution in [0.15, 0.2) is 47.3 Å². The predicted octanol–water partition coefficient (Wildman–Crippen LogP) is 4.58. The lowest BCUT2D eigenvalue weighted by molar-refractivity contribution is 0.938. The van der Waals surface area contributed by atoms with Crippen molar-refractivity contribution in [3.63, 3.8) is 0 Å². The Morgan fingerprint density at radius 1 is 1.10 bits per heavy atom. The molecule has 0 amide bonds. The summed E-state index contributed by atoms with van der Waals surface area (Å²) < 4.78 is 2.60. The Balaban J connectivity index is 2.05. The molecule has 0 fully saturated rings. The fraction of sp³-hybridized carbons (Fsp3) is 0.133. The maximum Gasteiger partial charge on any atom is 0.307 e. The maximum atomic E-state index is 11.7. The van der Waals surface area contributed by atoms with Crippen molar-refractivity contribution in [3.05, 3.63) is 68.3 Å². The van der Waals surface area contributed by atoms with Gasteiger partial charge in [-0.2, -0.15) is 0 Å². The lowest BCUT2D eigenvalue weighted by Gasteiger charge is -2.10. The summed E-state index contributed by atoms with van der Waals surface area (Å²) in [6.07, 6.45) is 0. The van der Waals surface area contributed by atoms with Crippen molar-refractivity contribution in [3.8, 4) is 0 Å². The van der Waals surface area contributed by atoms with E-state index in [-0.39, 0.29) is 10.3 Å². The molecular weight excluding hydrogens is 313 g/mol. The summed E-state index contributed by atoms with van der Waals surface area (Å²) >= 11 is 13.6. The second-order valence-corrected chi connectivity index (χ2v) is 6.43. The van der Waals surface area contributed by atoms with Gasteiger partial charge < -0.3 is 4.57 Å². The number of hydrogen-bond acceptors (Lipinski definition) is 2. The Hall–Kier alpha value is -1.29. The van der Waals surface area contributed by atoms with Gasteiger partial charge in [0.1, 0.15) is 0 Å². The van der Waals surface area contributed by atoms with Crippen LogP contribution in [-0.4, -0.2) is 4.57 Å². The van der Waals surface area contributed by atoms with Crippen LogP contribution in [0.4, 0.5) is 0 Å². The zero-order valence-electron chi connectivity index (χ0n) is 10.6. The maximum absolute atomic E-state index is 11.7. The van der Waals surface area contributed by atoms with E-state index < -0.39 is 0 Å². The van der Waals surface area contributed by atoms with Gasteiger partial charge in [-0.05, 0) is 35.4 Å². The Bertz CT molecular complexity index is 820. The number of alkyl halides is 1. The van der Waals surface area contributed by atoms with Crippen LogP contribution < -0.4 is 4.87 Å². The topological polar surface area (TPSA) is 22.0 Å². The zero-order chi connectivity index (χ0) is 14.3. The minimum absolute atomic E-state index is 0.0368. The normalized spacial score (nSPS) is 12.8. The first-order valence-electron chi connectivity index (χ1n) is 6.05. The van der Waals surface area contributed by atoms with Crippen molar-refractivity contribution < 1.29 is 0 Å². The van der Waals surface area contributed by atoms with Gasteiger partial charge in [0.05, 0.1) is 15.6 Å². The van der Waals surface area contributed by atoms with Gasteiger partial charge in [-0.3, -0.25) is 4.79 Å². The van der Waals surface area contributed by atoms with Crippen molar-refractivity contribution in [2.75, 3.05) is 0 Å². The average Bonchev–Trinajstić information content (AvgIpc) is 2.74. The summed E-state index contributed by atoms with van der Waals surface area (Å²) in [4.78, 5) is 11.7. The number of rotatable bonds is 2. The summed E-state index contributed by atoms with van der Waals surface area (Å²) in [6, 6.07) is 13.4. The molecule has 20 heavy (non-hydrogen) atoms. The van der Waals surface area contributed by atoms with Crippen LogP contribution in [-0.2, 0) is 7.05 Å². The monoisotopic (exact) mass is 323 g/mol. The van der Waals surface area contributed by atoms with Crippen LogP contribution in [0.1, 0.15) is 16.5 Å². The van der Waals surface area contributed by atoms with Crippen molar-refractivity contribution in [2.24, 2.45) is 7.05 Å². The number of benzene rings is 2. The fourth-order valence-corrected chi connectivity index (χ4v) is 3.47. The van der Waals surface area contributed by atoms with Gasteiger partial charge in [-0.15, -0.1) is 11.6 Å². The molecule has 0 bridgehead atoms. The Morgan fingerprint density at radius 3 is 2.45 bits per heavy atom. The minimum Gasteiger partial charge on any atom is -0.302 e. The van der Waals surface area contributed by atoms with E-state index in [2.05, 4.69) is 0 Å². The largest absolute Gasteiger partial charge is 0.307 e. The highest BCUT2D eigenvalue weighted by Gasteiger charge is 2.13. The molecule has 3 rings (SSSR count). The van der Waals surface area contributed by atoms with E-state index in [9.17, 15) is 4.79 Å². The first kappa shape index (κ1) is 13.7. The lowest BCUT2D eigenvalue weighted by atomic mass is 10.0. The van der Waals surface area contributed by atoms with E-state index in [0.717, 1.165) is 21.3 Å². The van der Waals surface area contributed by atoms with Crippen molar-refractivity contribution in [1.29, 1.82) is 0 Å². The predicted molar refractivity (Wildman–Crippen MR) is 86.2 cm³/mol. The van der Waals surface area contributed by atoms with Crippen LogP contribution in [0.5, 0.6) is 0 Å². The van der Waals surface area contributed by atoms with Crippen LogP contribution >= 0.6 is 34.5 Å². The standard InChI is InChI=1S/C15H11Cl2NOS/c1-18-12-7-4-10(8-13(12)20-15(18)19)14(17)9-2-5-11(16)6-3-9/h2-8,14H,1H3. The number of nitrogens with zero attached hydrogens (tertiary/aromatic N) is 1. The van der Waals surface area contributed by atoms with Gasteiger partial charge in [0.2, 0.25) is 0 Å². The molecule has 0 aliphatic heterocycles. The molecule has 0 saturated carbocycles. The fourth-order valence-electron chi connectivity index (χ4n) is 2.13. The van der Waals surface area contributed by atoms with Gasteiger partial charge in [-0.1, -0.05) is 41.1 Å². The molecule has 102 valence electrons. The quantitative estimate of drug-likeness (QED) is 0.632. The van der Waals surface area contributed by atoms with Gasteiger partial charge in [-0.25, -0.2) is 0 Å². The second-order valence-electron chi connectivity index (χ2n) is 4.57. The molecule has 3 aromatic rings. The molecule has 1 unspecified atom stereocenters. The Labute approximate surface area is 130 Å². The third-order valence-corrected chi connectivity index (χ3v) is 5.02. The highest BCUT2D eigenvalue weighted by Crippen LogP contribution is 2.32. The summed E-state index contributed by atoms with van der Waals surface area (Å²) in [5.41, 5.74) is 2.89. The molecule has 0 radical (unpaired) electrons. The smallest absolute Gasteiger partial charge is 0.302 e. The molecule has 0 aliphatic rings. The minimum atomic E-state index is -0.251. The number of hydrogen-bond donors (Lipinski definition) is 0. The number of halogens is 2. The van der Waals surface area contributed by atoms with E-state index in [1.165, 1.54) is 11.3 Å². The van der Waals surface area contributed by atoms with Gasteiger partial charge in [0.25, 0.3) is 0 Å². The summed E-state index contributed by atoms with van der Waals surface area (Å²) in [6.45, 7) is 0. The van der Waals surface area contributed by atoms with Gasteiger partial charge in [0, 0.05) is 12.1 Å². The Morgan fingerprint density at radius 2 is 1.75 bits per heavy atom. The number of aromatic nitrogens is 1. The zero-order valence-corrected chi connectivity index (χ0v) is 13.0. The third-order valence-electron chi connectivity index (χ3n) is 3.27. The highest BCUT2D eigenvalue weighted by molar-refractivity contribution is 7.16. The SMILES string of the molecule is Cn1c(=O)sc2cc(C(Cl)c3ccc(Cl)cc3)ccc21. The molecule has 1 heterocycles. The second kappa shape index (κ2) is 5.24. The van der Waals surface area contributed by atoms with Crippen molar-refractivity contribution in [2.45, 2.75) is 5.38 Å². The molecule has 1 aromatic heterocycles. The Kier molecular flexibility index (Phi) is 3.59. The first-order valence-corrected chi connectivity index (χ1v) is 7.68. The lowest BCUT2D eigenvalue weighted by Crippen LogP contribution is -2.06. The van der Waals surface area contributed by atoms with E-state index in [0.29, 0.717) is 5.02 Å². The number of fused-ring (bicyclic) bond motifs is 1. The molecule has 5 heteroatoms. The molecule has 0 saturated heterocycles. The van der Waals surface area contributed by atoms with Gasteiger partial charge >= 0.3 is 4.87 Å². The summed E-state index contributed by atoms with van der Waals surface area (Å²) in [5.74, 6) is 0. The molecule has 0 spiro atoms. The van der Waals surface area contributed by atoms with E-state index >= 15 is 0 Å². The molecule has 2 aromatic carbocycles. The van der Waals surface area contributed by atoms with Crippen LogP contribution in [0.25, 0.3) is 10.2 Å². The summed E-state index contributed by atoms with van der Waals surface area (Å²) in [5, 5.41) is 0.438. The van der Waals surface area contributed by atoms with Crippen LogP contribution in [0.2, 0.25) is 5.02 Å². The van der Waals surface area contributed by atoms with E-state index in [1.54, 1.807) is 11.6 Å². The van der Waals surface area contributed by atoms with Crippen molar-refractivity contribution in [1.82, 2.24) is 4.57 Å². The summed E-state index contributed by atoms with van der Waals surface area (Å²) in [7, 11) is 1.78. The van der Waals surface area contributed by atoms with Gasteiger partial charge in [0.15, 0.2) is 0 Å². The van der Waals surface area contributed by atoms with Crippen LogP contribution in [0.3, 0.4) is 0 Å². The molecular formula is C15H11Cl2NOS. The molecule has 0 aliphatic carbocycles. The molecule has 0 N–H and O–H groups in total. The highest BCUT2D eigenvalue weighted by atomic mass is 35.5. The van der Waals surface area contributed by atoms with Crippen LogP contribution in [0, 0.1) is 0 Å². The third kappa shape index (κ3) is 2.37. The number of thiazole rings is 1. The van der Waals surface area contributed by atoms with Crippen molar-refractivity contribution >= 4 is 44.8 Å².